The number of allylic oxidation sites excluding steroid dienone is 2. The predicted molar refractivity (Wildman–Crippen MR) is 105 cm³/mol. The molecule has 0 saturated carbocycles. The molecule has 8 heteroatoms. The normalized spacial score (nSPS) is 30.1. The summed E-state index contributed by atoms with van der Waals surface area (Å²) in [4.78, 5) is 26.1. The standard InChI is InChI=1S/C20H21N3O4S/c1-20(2)6-10-15(11(24)7-20)14(9-3-4-12-13(5-9)27-8-26-12)16-17(21-10)22-19(28)23-18(16)25/h3-5,14,16-17,21H,6-8H2,1-2H3,(H2,22,23,25,28). The summed E-state index contributed by atoms with van der Waals surface area (Å²) in [7, 11) is 0. The average molecular weight is 399 g/mol. The summed E-state index contributed by atoms with van der Waals surface area (Å²) in [5.74, 6) is 0.324. The van der Waals surface area contributed by atoms with Crippen molar-refractivity contribution in [2.45, 2.75) is 38.8 Å². The van der Waals surface area contributed by atoms with Crippen LogP contribution >= 0.6 is 12.2 Å². The van der Waals surface area contributed by atoms with Crippen molar-refractivity contribution in [3.63, 3.8) is 0 Å². The first-order valence-corrected chi connectivity index (χ1v) is 9.77. The molecule has 1 fully saturated rings. The van der Waals surface area contributed by atoms with E-state index in [4.69, 9.17) is 21.7 Å². The topological polar surface area (TPSA) is 88.7 Å². The molecule has 28 heavy (non-hydrogen) atoms. The number of rotatable bonds is 1. The molecule has 0 spiro atoms. The Kier molecular flexibility index (Phi) is 3.71. The molecule has 7 nitrogen and oxygen atoms in total. The maximum atomic E-state index is 13.2. The van der Waals surface area contributed by atoms with Crippen LogP contribution < -0.4 is 25.4 Å². The summed E-state index contributed by atoms with van der Waals surface area (Å²) in [5.41, 5.74) is 2.33. The Labute approximate surface area is 167 Å². The highest BCUT2D eigenvalue weighted by Crippen LogP contribution is 2.48. The van der Waals surface area contributed by atoms with Crippen molar-refractivity contribution < 1.29 is 19.1 Å². The number of fused-ring (bicyclic) bond motifs is 2. The first kappa shape index (κ1) is 17.5. The van der Waals surface area contributed by atoms with Gasteiger partial charge in [0, 0.05) is 23.6 Å². The molecule has 1 aromatic carbocycles. The van der Waals surface area contributed by atoms with Crippen molar-refractivity contribution in [3.05, 3.63) is 35.0 Å². The van der Waals surface area contributed by atoms with Crippen LogP contribution in [0.3, 0.4) is 0 Å². The van der Waals surface area contributed by atoms with Crippen molar-refractivity contribution in [1.29, 1.82) is 0 Å². The Morgan fingerprint density at radius 1 is 1.11 bits per heavy atom. The Balaban J connectivity index is 1.67. The molecule has 3 aliphatic heterocycles. The van der Waals surface area contributed by atoms with E-state index in [1.165, 1.54) is 0 Å². The average Bonchev–Trinajstić information content (AvgIpc) is 3.06. The van der Waals surface area contributed by atoms with Crippen molar-refractivity contribution in [3.8, 4) is 11.5 Å². The largest absolute Gasteiger partial charge is 0.454 e. The summed E-state index contributed by atoms with van der Waals surface area (Å²) in [6.07, 6.45) is 0.838. The second-order valence-electron chi connectivity index (χ2n) is 8.53. The van der Waals surface area contributed by atoms with E-state index in [0.717, 1.165) is 17.7 Å². The SMILES string of the molecule is CC1(C)CC(=O)C2=C(C1)NC1NC(=S)NC(=O)C1C2c1ccc2c(c1)OCO2. The molecule has 0 aromatic heterocycles. The van der Waals surface area contributed by atoms with Gasteiger partial charge in [0.1, 0.15) is 6.17 Å². The smallest absolute Gasteiger partial charge is 0.234 e. The zero-order chi connectivity index (χ0) is 19.6. The highest BCUT2D eigenvalue weighted by atomic mass is 32.1. The highest BCUT2D eigenvalue weighted by molar-refractivity contribution is 7.80. The van der Waals surface area contributed by atoms with E-state index in [-0.39, 0.29) is 36.0 Å². The van der Waals surface area contributed by atoms with Gasteiger partial charge in [-0.05, 0) is 41.7 Å². The van der Waals surface area contributed by atoms with Crippen molar-refractivity contribution in [2.24, 2.45) is 11.3 Å². The zero-order valence-electron chi connectivity index (χ0n) is 15.6. The molecule has 3 unspecified atom stereocenters. The quantitative estimate of drug-likeness (QED) is 0.620. The predicted octanol–water partition coefficient (Wildman–Crippen LogP) is 1.69. The lowest BCUT2D eigenvalue weighted by molar-refractivity contribution is -0.127. The Morgan fingerprint density at radius 3 is 2.71 bits per heavy atom. The number of carbonyl (C=O) groups is 2. The minimum absolute atomic E-state index is 0.0841. The van der Waals surface area contributed by atoms with E-state index in [0.29, 0.717) is 28.6 Å². The maximum absolute atomic E-state index is 13.2. The number of amides is 1. The molecular formula is C20H21N3O4S. The van der Waals surface area contributed by atoms with Crippen LogP contribution in [-0.4, -0.2) is 29.8 Å². The number of hydrogen-bond donors (Lipinski definition) is 3. The fraction of sp³-hybridized carbons (Fsp3) is 0.450. The number of carbonyl (C=O) groups excluding carboxylic acids is 2. The van der Waals surface area contributed by atoms with Gasteiger partial charge in [0.2, 0.25) is 12.7 Å². The molecule has 0 bridgehead atoms. The molecule has 3 heterocycles. The molecule has 4 aliphatic rings. The van der Waals surface area contributed by atoms with Crippen molar-refractivity contribution >= 4 is 29.0 Å². The van der Waals surface area contributed by atoms with E-state index < -0.39 is 5.92 Å². The van der Waals surface area contributed by atoms with E-state index in [1.54, 1.807) is 0 Å². The third kappa shape index (κ3) is 2.66. The third-order valence-corrected chi connectivity index (χ3v) is 6.08. The van der Waals surface area contributed by atoms with Crippen LogP contribution in [0.1, 0.15) is 38.2 Å². The lowest BCUT2D eigenvalue weighted by Gasteiger charge is -2.47. The lowest BCUT2D eigenvalue weighted by atomic mass is 9.66. The third-order valence-electron chi connectivity index (χ3n) is 5.86. The Bertz CT molecular complexity index is 955. The van der Waals surface area contributed by atoms with Gasteiger partial charge in [-0.2, -0.15) is 0 Å². The molecule has 1 aromatic rings. The van der Waals surface area contributed by atoms with Crippen LogP contribution in [0.5, 0.6) is 11.5 Å². The summed E-state index contributed by atoms with van der Waals surface area (Å²) >= 11 is 5.18. The first-order chi connectivity index (χ1) is 13.3. The molecular weight excluding hydrogens is 378 g/mol. The van der Waals surface area contributed by atoms with E-state index in [9.17, 15) is 9.59 Å². The summed E-state index contributed by atoms with van der Waals surface area (Å²) in [6.45, 7) is 4.35. The summed E-state index contributed by atoms with van der Waals surface area (Å²) in [5, 5.41) is 9.57. The Morgan fingerprint density at radius 2 is 1.89 bits per heavy atom. The number of nitrogens with one attached hydrogen (secondary N) is 3. The number of Topliss-reactive ketones (excluding diaryl/α,β-unsaturated/α-hetero) is 1. The number of benzene rings is 1. The minimum Gasteiger partial charge on any atom is -0.454 e. The van der Waals surface area contributed by atoms with Gasteiger partial charge in [-0.3, -0.25) is 9.59 Å². The molecule has 1 amide bonds. The fourth-order valence-corrected chi connectivity index (χ4v) is 4.98. The molecule has 5 rings (SSSR count). The van der Waals surface area contributed by atoms with E-state index >= 15 is 0 Å². The number of thiocarbonyl (C=S) groups is 1. The number of hydrogen-bond acceptors (Lipinski definition) is 6. The van der Waals surface area contributed by atoms with Crippen LogP contribution in [0, 0.1) is 11.3 Å². The molecule has 3 N–H and O–H groups in total. The molecule has 1 saturated heterocycles. The molecule has 3 atom stereocenters. The summed E-state index contributed by atoms with van der Waals surface area (Å²) in [6, 6.07) is 5.64. The number of ether oxygens (including phenoxy) is 2. The van der Waals surface area contributed by atoms with Gasteiger partial charge >= 0.3 is 0 Å². The minimum atomic E-state index is -0.504. The first-order valence-electron chi connectivity index (χ1n) is 9.36. The highest BCUT2D eigenvalue weighted by Gasteiger charge is 2.50. The van der Waals surface area contributed by atoms with Crippen LogP contribution in [0.4, 0.5) is 0 Å². The van der Waals surface area contributed by atoms with E-state index in [2.05, 4.69) is 29.8 Å². The van der Waals surface area contributed by atoms with E-state index in [1.807, 2.05) is 18.2 Å². The fourth-order valence-electron chi connectivity index (χ4n) is 4.76. The van der Waals surface area contributed by atoms with Gasteiger partial charge in [0.15, 0.2) is 22.4 Å². The second kappa shape index (κ2) is 5.94. The number of ketones is 1. The monoisotopic (exact) mass is 399 g/mol. The molecule has 0 radical (unpaired) electrons. The zero-order valence-corrected chi connectivity index (χ0v) is 16.4. The van der Waals surface area contributed by atoms with Gasteiger partial charge in [-0.1, -0.05) is 19.9 Å². The van der Waals surface area contributed by atoms with Crippen LogP contribution in [0.25, 0.3) is 0 Å². The van der Waals surface area contributed by atoms with Gasteiger partial charge in [-0.25, -0.2) is 0 Å². The molecule has 1 aliphatic carbocycles. The van der Waals surface area contributed by atoms with Gasteiger partial charge in [-0.15, -0.1) is 0 Å². The summed E-state index contributed by atoms with van der Waals surface area (Å²) < 4.78 is 10.9. The van der Waals surface area contributed by atoms with Crippen molar-refractivity contribution in [1.82, 2.24) is 16.0 Å². The van der Waals surface area contributed by atoms with Crippen molar-refractivity contribution in [2.75, 3.05) is 6.79 Å². The Hall–Kier alpha value is -2.61. The van der Waals surface area contributed by atoms with Crippen LogP contribution in [-0.2, 0) is 9.59 Å². The molecule has 146 valence electrons. The van der Waals surface area contributed by atoms with Gasteiger partial charge < -0.3 is 25.4 Å². The van der Waals surface area contributed by atoms with Crippen LogP contribution in [0.15, 0.2) is 29.5 Å². The van der Waals surface area contributed by atoms with Crippen LogP contribution in [0.2, 0.25) is 0 Å². The lowest BCUT2D eigenvalue weighted by Crippen LogP contribution is -2.66. The van der Waals surface area contributed by atoms with Gasteiger partial charge in [0.05, 0.1) is 5.92 Å². The maximum Gasteiger partial charge on any atom is 0.234 e. The second-order valence-corrected chi connectivity index (χ2v) is 8.94. The van der Waals surface area contributed by atoms with Gasteiger partial charge in [0.25, 0.3) is 0 Å².